The number of halogens is 4. The average Bonchev–Trinajstić information content (AvgIpc) is 2.29. The van der Waals surface area contributed by atoms with Gasteiger partial charge in [-0.2, -0.15) is 13.2 Å². The fraction of sp³-hybridized carbons (Fsp3) is 0.0833. The van der Waals surface area contributed by atoms with Crippen LogP contribution in [0.3, 0.4) is 0 Å². The van der Waals surface area contributed by atoms with Crippen LogP contribution in [0.5, 0.6) is 0 Å². The summed E-state index contributed by atoms with van der Waals surface area (Å²) >= 11 is 5.53. The molecule has 0 aliphatic rings. The zero-order chi connectivity index (χ0) is 12.5. The lowest BCUT2D eigenvalue weighted by atomic mass is 10.1. The van der Waals surface area contributed by atoms with Gasteiger partial charge >= 0.3 is 6.18 Å². The van der Waals surface area contributed by atoms with Crippen LogP contribution in [0.2, 0.25) is 5.02 Å². The third-order valence-electron chi connectivity index (χ3n) is 2.23. The van der Waals surface area contributed by atoms with E-state index in [1.807, 2.05) is 0 Å². The lowest BCUT2D eigenvalue weighted by Gasteiger charge is -2.10. The molecule has 0 saturated carbocycles. The van der Waals surface area contributed by atoms with E-state index >= 15 is 0 Å². The lowest BCUT2D eigenvalue weighted by molar-refractivity contribution is -0.137. The molecule has 2 rings (SSSR count). The molecule has 5 heteroatoms. The van der Waals surface area contributed by atoms with E-state index in [1.54, 1.807) is 18.2 Å². The third-order valence-corrected chi connectivity index (χ3v) is 2.56. The van der Waals surface area contributed by atoms with E-state index in [0.717, 1.165) is 6.07 Å². The summed E-state index contributed by atoms with van der Waals surface area (Å²) in [6, 6.07) is 8.80. The molecule has 17 heavy (non-hydrogen) atoms. The zero-order valence-electron chi connectivity index (χ0n) is 8.50. The summed E-state index contributed by atoms with van der Waals surface area (Å²) < 4.78 is 37.9. The molecule has 1 nitrogen and oxygen atoms in total. The minimum absolute atomic E-state index is 0.308. The van der Waals surface area contributed by atoms with Crippen LogP contribution in [0.15, 0.2) is 42.6 Å². The second kappa shape index (κ2) is 4.37. The first-order chi connectivity index (χ1) is 7.98. The number of alkyl halides is 3. The molecule has 0 aliphatic carbocycles. The van der Waals surface area contributed by atoms with Crippen molar-refractivity contribution >= 4 is 11.6 Å². The molecular formula is C12H7ClF3N. The molecule has 1 heterocycles. The Hall–Kier alpha value is -1.55. The molecule has 0 spiro atoms. The van der Waals surface area contributed by atoms with Crippen molar-refractivity contribution in [1.29, 1.82) is 0 Å². The fourth-order valence-electron chi connectivity index (χ4n) is 1.44. The predicted molar refractivity (Wildman–Crippen MR) is 59.7 cm³/mol. The number of rotatable bonds is 1. The fourth-order valence-corrected chi connectivity index (χ4v) is 1.66. The first-order valence-electron chi connectivity index (χ1n) is 4.76. The Kier molecular flexibility index (Phi) is 3.07. The molecule has 0 N–H and O–H groups in total. The molecule has 1 aromatic heterocycles. The quantitative estimate of drug-likeness (QED) is 0.737. The van der Waals surface area contributed by atoms with Crippen LogP contribution in [-0.4, -0.2) is 4.98 Å². The number of hydrogen-bond acceptors (Lipinski definition) is 1. The van der Waals surface area contributed by atoms with Crippen molar-refractivity contribution in [3.05, 3.63) is 53.2 Å². The van der Waals surface area contributed by atoms with E-state index in [-0.39, 0.29) is 5.02 Å². The topological polar surface area (TPSA) is 12.9 Å². The van der Waals surface area contributed by atoms with E-state index in [2.05, 4.69) is 4.98 Å². The Morgan fingerprint density at radius 2 is 1.82 bits per heavy atom. The summed E-state index contributed by atoms with van der Waals surface area (Å²) in [6.07, 6.45) is -2.93. The molecule has 0 bridgehead atoms. The van der Waals surface area contributed by atoms with Crippen molar-refractivity contribution < 1.29 is 13.2 Å². The number of benzene rings is 1. The first-order valence-corrected chi connectivity index (χ1v) is 5.14. The molecule has 0 atom stereocenters. The van der Waals surface area contributed by atoms with Crippen molar-refractivity contribution in [2.45, 2.75) is 6.18 Å². The minimum Gasteiger partial charge on any atom is -0.256 e. The lowest BCUT2D eigenvalue weighted by Crippen LogP contribution is -2.06. The Labute approximate surface area is 101 Å². The van der Waals surface area contributed by atoms with Gasteiger partial charge in [0, 0.05) is 11.8 Å². The molecule has 1 aromatic carbocycles. The molecule has 0 amide bonds. The van der Waals surface area contributed by atoms with Crippen LogP contribution in [-0.2, 0) is 6.18 Å². The van der Waals surface area contributed by atoms with Gasteiger partial charge in [-0.3, -0.25) is 4.98 Å². The summed E-state index contributed by atoms with van der Waals surface area (Å²) in [4.78, 5) is 3.99. The largest absolute Gasteiger partial charge is 0.417 e. The number of nitrogens with zero attached hydrogens (tertiary/aromatic N) is 1. The van der Waals surface area contributed by atoms with Gasteiger partial charge in [-0.05, 0) is 24.3 Å². The normalized spacial score (nSPS) is 11.5. The Morgan fingerprint density at radius 3 is 2.41 bits per heavy atom. The van der Waals surface area contributed by atoms with Crippen LogP contribution in [0.25, 0.3) is 11.3 Å². The average molecular weight is 258 g/mol. The molecule has 0 unspecified atom stereocenters. The van der Waals surface area contributed by atoms with Gasteiger partial charge in [0.2, 0.25) is 0 Å². The van der Waals surface area contributed by atoms with Gasteiger partial charge in [0.1, 0.15) is 0 Å². The number of hydrogen-bond donors (Lipinski definition) is 0. The zero-order valence-corrected chi connectivity index (χ0v) is 9.26. The van der Waals surface area contributed by atoms with E-state index in [9.17, 15) is 13.2 Å². The van der Waals surface area contributed by atoms with Gasteiger partial charge in [0.25, 0.3) is 0 Å². The Morgan fingerprint density at radius 1 is 1.06 bits per heavy atom. The number of aromatic nitrogens is 1. The highest BCUT2D eigenvalue weighted by atomic mass is 35.5. The molecule has 88 valence electrons. The van der Waals surface area contributed by atoms with Crippen molar-refractivity contribution in [2.75, 3.05) is 0 Å². The monoisotopic (exact) mass is 257 g/mol. The third kappa shape index (κ3) is 2.58. The van der Waals surface area contributed by atoms with Gasteiger partial charge in [-0.25, -0.2) is 0 Å². The van der Waals surface area contributed by atoms with Gasteiger partial charge in [0.05, 0.1) is 16.3 Å². The summed E-state index contributed by atoms with van der Waals surface area (Å²) in [7, 11) is 0. The summed E-state index contributed by atoms with van der Waals surface area (Å²) in [5.74, 6) is 0. The second-order valence-corrected chi connectivity index (χ2v) is 3.81. The van der Waals surface area contributed by atoms with Gasteiger partial charge in [-0.15, -0.1) is 0 Å². The summed E-state index contributed by atoms with van der Waals surface area (Å²) in [6.45, 7) is 0. The molecule has 0 radical (unpaired) electrons. The summed E-state index contributed by atoms with van der Waals surface area (Å²) in [5, 5.41) is -0.308. The summed E-state index contributed by atoms with van der Waals surface area (Å²) in [5.41, 5.74) is 0.0271. The minimum atomic E-state index is -4.46. The van der Waals surface area contributed by atoms with E-state index in [1.165, 1.54) is 18.3 Å². The van der Waals surface area contributed by atoms with E-state index < -0.39 is 11.7 Å². The van der Waals surface area contributed by atoms with Crippen molar-refractivity contribution in [2.24, 2.45) is 0 Å². The molecule has 2 aromatic rings. The van der Waals surface area contributed by atoms with Crippen LogP contribution in [0.4, 0.5) is 13.2 Å². The molecule has 0 aliphatic heterocycles. The van der Waals surface area contributed by atoms with Gasteiger partial charge < -0.3 is 0 Å². The molecule has 0 saturated heterocycles. The van der Waals surface area contributed by atoms with Crippen molar-refractivity contribution in [3.63, 3.8) is 0 Å². The second-order valence-electron chi connectivity index (χ2n) is 3.41. The van der Waals surface area contributed by atoms with Crippen LogP contribution in [0, 0.1) is 0 Å². The maximum absolute atomic E-state index is 12.6. The SMILES string of the molecule is FC(F)(F)c1cc(-c2ccccn2)ccc1Cl. The van der Waals surface area contributed by atoms with Crippen molar-refractivity contribution in [3.8, 4) is 11.3 Å². The maximum atomic E-state index is 12.6. The molecule has 0 fully saturated rings. The number of pyridine rings is 1. The van der Waals surface area contributed by atoms with Gasteiger partial charge in [-0.1, -0.05) is 23.7 Å². The van der Waals surface area contributed by atoms with Crippen LogP contribution >= 0.6 is 11.6 Å². The standard InChI is InChI=1S/C12H7ClF3N/c13-10-5-4-8(7-9(10)12(14,15)16)11-3-1-2-6-17-11/h1-7H. The highest BCUT2D eigenvalue weighted by Gasteiger charge is 2.33. The molecular weight excluding hydrogens is 251 g/mol. The van der Waals surface area contributed by atoms with E-state index in [4.69, 9.17) is 11.6 Å². The highest BCUT2D eigenvalue weighted by molar-refractivity contribution is 6.31. The highest BCUT2D eigenvalue weighted by Crippen LogP contribution is 2.36. The van der Waals surface area contributed by atoms with Crippen molar-refractivity contribution in [1.82, 2.24) is 4.98 Å². The van der Waals surface area contributed by atoms with E-state index in [0.29, 0.717) is 11.3 Å². The first kappa shape index (κ1) is 11.9. The Balaban J connectivity index is 2.53. The van der Waals surface area contributed by atoms with Crippen LogP contribution < -0.4 is 0 Å². The maximum Gasteiger partial charge on any atom is 0.417 e. The van der Waals surface area contributed by atoms with Gasteiger partial charge in [0.15, 0.2) is 0 Å². The van der Waals surface area contributed by atoms with Crippen LogP contribution in [0.1, 0.15) is 5.56 Å². The smallest absolute Gasteiger partial charge is 0.256 e. The predicted octanol–water partition coefficient (Wildman–Crippen LogP) is 4.42. The Bertz CT molecular complexity index is 523.